The fraction of sp³-hybridized carbons (Fsp3) is 0.167. The Bertz CT molecular complexity index is 1390. The quantitative estimate of drug-likeness (QED) is 0.378. The molecule has 4 rings (SSSR count). The largest absolute Gasteiger partial charge is 0.298 e. The number of rotatable bonds is 6. The van der Waals surface area contributed by atoms with E-state index < -0.39 is 10.0 Å². The van der Waals surface area contributed by atoms with Gasteiger partial charge in [0, 0.05) is 11.3 Å². The lowest BCUT2D eigenvalue weighted by molar-refractivity contribution is 0.102. The number of hydrogen-bond donors (Lipinski definition) is 2. The SMILES string of the molecule is Cc1ccc(S(=O)(=O)Nc2cccc(C(=O)Nc3nc4ccc(C(C)C)cc4s3)c2)cc1. The van der Waals surface area contributed by atoms with Crippen LogP contribution >= 0.6 is 11.3 Å². The van der Waals surface area contributed by atoms with Crippen LogP contribution in [0, 0.1) is 6.92 Å². The van der Waals surface area contributed by atoms with Gasteiger partial charge < -0.3 is 0 Å². The van der Waals surface area contributed by atoms with E-state index in [2.05, 4.69) is 34.9 Å². The van der Waals surface area contributed by atoms with Gasteiger partial charge in [-0.05, 0) is 60.9 Å². The summed E-state index contributed by atoms with van der Waals surface area (Å²) in [7, 11) is -3.75. The number of carbonyl (C=O) groups is 1. The van der Waals surface area contributed by atoms with Gasteiger partial charge in [-0.25, -0.2) is 13.4 Å². The van der Waals surface area contributed by atoms with Crippen LogP contribution in [-0.2, 0) is 10.0 Å². The van der Waals surface area contributed by atoms with E-state index in [1.54, 1.807) is 42.5 Å². The highest BCUT2D eigenvalue weighted by Gasteiger charge is 2.16. The van der Waals surface area contributed by atoms with Crippen molar-refractivity contribution in [2.45, 2.75) is 31.6 Å². The summed E-state index contributed by atoms with van der Waals surface area (Å²) < 4.78 is 28.8. The maximum Gasteiger partial charge on any atom is 0.261 e. The van der Waals surface area contributed by atoms with Gasteiger partial charge in [0.15, 0.2) is 5.13 Å². The molecule has 0 bridgehead atoms. The van der Waals surface area contributed by atoms with E-state index >= 15 is 0 Å². The van der Waals surface area contributed by atoms with Gasteiger partial charge in [-0.3, -0.25) is 14.8 Å². The summed E-state index contributed by atoms with van der Waals surface area (Å²) in [4.78, 5) is 17.4. The molecule has 6 nitrogen and oxygen atoms in total. The summed E-state index contributed by atoms with van der Waals surface area (Å²) in [5, 5.41) is 3.31. The number of aryl methyl sites for hydroxylation is 1. The maximum atomic E-state index is 12.8. The Morgan fingerprint density at radius 1 is 1.00 bits per heavy atom. The van der Waals surface area contributed by atoms with Crippen LogP contribution in [0.4, 0.5) is 10.8 Å². The third kappa shape index (κ3) is 4.81. The zero-order chi connectivity index (χ0) is 22.9. The smallest absolute Gasteiger partial charge is 0.261 e. The molecule has 0 aliphatic carbocycles. The number of carbonyl (C=O) groups excluding carboxylic acids is 1. The molecule has 0 aliphatic heterocycles. The van der Waals surface area contributed by atoms with E-state index in [1.807, 2.05) is 19.1 Å². The van der Waals surface area contributed by atoms with Crippen LogP contribution in [0.1, 0.15) is 41.3 Å². The Morgan fingerprint density at radius 3 is 2.47 bits per heavy atom. The summed E-state index contributed by atoms with van der Waals surface area (Å²) >= 11 is 1.41. The number of fused-ring (bicyclic) bond motifs is 1. The lowest BCUT2D eigenvalue weighted by Crippen LogP contribution is -2.15. The van der Waals surface area contributed by atoms with Gasteiger partial charge in [-0.2, -0.15) is 0 Å². The zero-order valence-electron chi connectivity index (χ0n) is 17.9. The number of aromatic nitrogens is 1. The number of nitrogens with zero attached hydrogens (tertiary/aromatic N) is 1. The van der Waals surface area contributed by atoms with Crippen LogP contribution in [0.2, 0.25) is 0 Å². The summed E-state index contributed by atoms with van der Waals surface area (Å²) in [5.74, 6) is 0.0514. The van der Waals surface area contributed by atoms with E-state index in [1.165, 1.54) is 23.0 Å². The molecule has 0 radical (unpaired) electrons. The van der Waals surface area contributed by atoms with Crippen LogP contribution in [0.5, 0.6) is 0 Å². The number of thiazole rings is 1. The number of sulfonamides is 1. The lowest BCUT2D eigenvalue weighted by atomic mass is 10.0. The highest BCUT2D eigenvalue weighted by Crippen LogP contribution is 2.29. The van der Waals surface area contributed by atoms with E-state index in [4.69, 9.17) is 0 Å². The molecule has 164 valence electrons. The third-order valence-electron chi connectivity index (χ3n) is 5.01. The Kier molecular flexibility index (Phi) is 5.99. The third-order valence-corrected chi connectivity index (χ3v) is 7.34. The molecule has 4 aromatic rings. The molecule has 1 aromatic heterocycles. The summed E-state index contributed by atoms with van der Waals surface area (Å²) in [5.41, 5.74) is 3.65. The first-order valence-electron chi connectivity index (χ1n) is 10.1. The number of amides is 1. The number of hydrogen-bond acceptors (Lipinski definition) is 5. The average molecular weight is 466 g/mol. The van der Waals surface area contributed by atoms with Crippen molar-refractivity contribution in [2.24, 2.45) is 0 Å². The van der Waals surface area contributed by atoms with Crippen molar-refractivity contribution < 1.29 is 13.2 Å². The molecule has 2 N–H and O–H groups in total. The zero-order valence-corrected chi connectivity index (χ0v) is 19.5. The predicted molar refractivity (Wildman–Crippen MR) is 130 cm³/mol. The standard InChI is InChI=1S/C24H23N3O3S2/c1-15(2)17-9-12-21-22(14-17)31-24(25-21)26-23(28)18-5-4-6-19(13-18)27-32(29,30)20-10-7-16(3)8-11-20/h4-15,27H,1-3H3,(H,25,26,28). The van der Waals surface area contributed by atoms with Crippen molar-refractivity contribution in [1.82, 2.24) is 4.98 Å². The van der Waals surface area contributed by atoms with Crippen LogP contribution in [0.25, 0.3) is 10.2 Å². The molecular weight excluding hydrogens is 442 g/mol. The highest BCUT2D eigenvalue weighted by molar-refractivity contribution is 7.92. The van der Waals surface area contributed by atoms with E-state index in [0.29, 0.717) is 22.3 Å². The minimum absolute atomic E-state index is 0.160. The molecule has 8 heteroatoms. The first-order valence-corrected chi connectivity index (χ1v) is 12.4. The van der Waals surface area contributed by atoms with Crippen molar-refractivity contribution >= 4 is 48.3 Å². The van der Waals surface area contributed by atoms with Gasteiger partial charge in [0.2, 0.25) is 0 Å². The molecule has 3 aromatic carbocycles. The second kappa shape index (κ2) is 8.72. The normalized spacial score (nSPS) is 11.6. The molecular formula is C24H23N3O3S2. The minimum atomic E-state index is -3.75. The minimum Gasteiger partial charge on any atom is -0.298 e. The lowest BCUT2D eigenvalue weighted by Gasteiger charge is -2.10. The molecule has 0 atom stereocenters. The topological polar surface area (TPSA) is 88.2 Å². The molecule has 1 heterocycles. The molecule has 0 fully saturated rings. The summed E-state index contributed by atoms with van der Waals surface area (Å²) in [6, 6.07) is 19.0. The van der Waals surface area contributed by atoms with E-state index in [0.717, 1.165) is 15.8 Å². The molecule has 0 saturated carbocycles. The van der Waals surface area contributed by atoms with Crippen molar-refractivity contribution in [3.05, 3.63) is 83.4 Å². The first-order chi connectivity index (χ1) is 15.2. The van der Waals surface area contributed by atoms with Gasteiger partial charge in [0.25, 0.3) is 15.9 Å². The fourth-order valence-electron chi connectivity index (χ4n) is 3.18. The van der Waals surface area contributed by atoms with Crippen molar-refractivity contribution in [1.29, 1.82) is 0 Å². The van der Waals surface area contributed by atoms with Crippen molar-refractivity contribution in [3.8, 4) is 0 Å². The number of nitrogens with one attached hydrogen (secondary N) is 2. The molecule has 1 amide bonds. The Hall–Kier alpha value is -3.23. The van der Waals surface area contributed by atoms with Crippen LogP contribution in [-0.4, -0.2) is 19.3 Å². The molecule has 32 heavy (non-hydrogen) atoms. The van der Waals surface area contributed by atoms with E-state index in [9.17, 15) is 13.2 Å². The van der Waals surface area contributed by atoms with Crippen LogP contribution in [0.15, 0.2) is 71.6 Å². The number of benzene rings is 3. The van der Waals surface area contributed by atoms with Crippen molar-refractivity contribution in [2.75, 3.05) is 10.0 Å². The second-order valence-corrected chi connectivity index (χ2v) is 10.6. The molecule has 0 aliphatic rings. The molecule has 0 unspecified atom stereocenters. The van der Waals surface area contributed by atoms with Gasteiger partial charge in [0.1, 0.15) is 0 Å². The maximum absolute atomic E-state index is 12.8. The fourth-order valence-corrected chi connectivity index (χ4v) is 5.14. The first kappa shape index (κ1) is 22.0. The second-order valence-electron chi connectivity index (χ2n) is 7.85. The monoisotopic (exact) mass is 465 g/mol. The van der Waals surface area contributed by atoms with Crippen molar-refractivity contribution in [3.63, 3.8) is 0 Å². The molecule has 0 saturated heterocycles. The predicted octanol–water partition coefficient (Wildman–Crippen LogP) is 5.78. The average Bonchev–Trinajstić information content (AvgIpc) is 3.15. The Morgan fingerprint density at radius 2 is 1.75 bits per heavy atom. The van der Waals surface area contributed by atoms with Crippen LogP contribution in [0.3, 0.4) is 0 Å². The van der Waals surface area contributed by atoms with Crippen LogP contribution < -0.4 is 10.0 Å². The van der Waals surface area contributed by atoms with Gasteiger partial charge >= 0.3 is 0 Å². The summed E-state index contributed by atoms with van der Waals surface area (Å²) in [6.45, 7) is 6.15. The van der Waals surface area contributed by atoms with Gasteiger partial charge in [0.05, 0.1) is 15.1 Å². The highest BCUT2D eigenvalue weighted by atomic mass is 32.2. The van der Waals surface area contributed by atoms with E-state index in [-0.39, 0.29) is 10.8 Å². The number of anilines is 2. The Balaban J connectivity index is 1.52. The molecule has 0 spiro atoms. The summed E-state index contributed by atoms with van der Waals surface area (Å²) in [6.07, 6.45) is 0. The van der Waals surface area contributed by atoms with Gasteiger partial charge in [-0.1, -0.05) is 55.0 Å². The van der Waals surface area contributed by atoms with Gasteiger partial charge in [-0.15, -0.1) is 0 Å². The Labute approximate surface area is 191 Å².